The monoisotopic (exact) mass is 560 g/mol. The van der Waals surface area contributed by atoms with Gasteiger partial charge in [-0.25, -0.2) is 4.79 Å². The fourth-order valence-corrected chi connectivity index (χ4v) is 5.70. The first-order valence-corrected chi connectivity index (χ1v) is 13.3. The molecule has 5 aromatic rings. The van der Waals surface area contributed by atoms with Gasteiger partial charge < -0.3 is 14.4 Å². The van der Waals surface area contributed by atoms with E-state index in [9.17, 15) is 14.7 Å². The standard InChI is InChI=1S/C28H21ClN4O5S/c1-15(18-4-2-3-5-21(18)29)37-27(36)31-22-14-30-38-24(22)20-11-10-19(25-23(20)32-33-39-25)16-6-8-17(9-7-16)28(12-13-28)26(34)35/h2-11,14-15H,12-13H2,1H3,(H,31,36)(H,34,35). The van der Waals surface area contributed by atoms with Gasteiger partial charge in [-0.3, -0.25) is 10.1 Å². The molecule has 1 saturated carbocycles. The highest BCUT2D eigenvalue weighted by molar-refractivity contribution is 7.13. The number of fused-ring (bicyclic) bond motifs is 1. The molecule has 0 saturated heterocycles. The molecule has 1 unspecified atom stereocenters. The van der Waals surface area contributed by atoms with Crippen LogP contribution in [0.4, 0.5) is 10.5 Å². The summed E-state index contributed by atoms with van der Waals surface area (Å²) in [6, 6.07) is 18.5. The van der Waals surface area contributed by atoms with E-state index in [2.05, 4.69) is 20.1 Å². The molecule has 1 aliphatic carbocycles. The maximum atomic E-state index is 12.7. The van der Waals surface area contributed by atoms with Gasteiger partial charge in [0.05, 0.1) is 21.9 Å². The Kier molecular flexibility index (Phi) is 6.28. The van der Waals surface area contributed by atoms with Gasteiger partial charge in [0.1, 0.15) is 17.3 Å². The number of aromatic nitrogens is 3. The predicted octanol–water partition coefficient (Wildman–Crippen LogP) is 7.09. The largest absolute Gasteiger partial charge is 0.481 e. The molecule has 6 rings (SSSR count). The summed E-state index contributed by atoms with van der Waals surface area (Å²) in [6.07, 6.45) is 1.43. The number of rotatable bonds is 7. The summed E-state index contributed by atoms with van der Waals surface area (Å²) in [7, 11) is 0. The van der Waals surface area contributed by atoms with Gasteiger partial charge >= 0.3 is 12.1 Å². The second-order valence-corrected chi connectivity index (χ2v) is 10.5. The molecule has 0 radical (unpaired) electrons. The third kappa shape index (κ3) is 4.51. The Labute approximate surface area is 231 Å². The minimum Gasteiger partial charge on any atom is -0.481 e. The van der Waals surface area contributed by atoms with Gasteiger partial charge in [-0.1, -0.05) is 69.8 Å². The van der Waals surface area contributed by atoms with Crippen molar-refractivity contribution in [3.05, 3.63) is 83.0 Å². The van der Waals surface area contributed by atoms with Crippen molar-refractivity contribution >= 4 is 51.1 Å². The number of nitrogens with one attached hydrogen (secondary N) is 1. The zero-order chi connectivity index (χ0) is 27.1. The summed E-state index contributed by atoms with van der Waals surface area (Å²) in [5.74, 6) is -0.471. The zero-order valence-corrected chi connectivity index (χ0v) is 22.1. The maximum absolute atomic E-state index is 12.7. The van der Waals surface area contributed by atoms with Crippen molar-refractivity contribution in [3.63, 3.8) is 0 Å². The van der Waals surface area contributed by atoms with E-state index in [0.29, 0.717) is 46.0 Å². The Morgan fingerprint density at radius 1 is 1.10 bits per heavy atom. The van der Waals surface area contributed by atoms with E-state index in [0.717, 1.165) is 21.4 Å². The van der Waals surface area contributed by atoms with Crippen LogP contribution in [0.15, 0.2) is 71.4 Å². The summed E-state index contributed by atoms with van der Waals surface area (Å²) >= 11 is 7.46. The predicted molar refractivity (Wildman–Crippen MR) is 147 cm³/mol. The smallest absolute Gasteiger partial charge is 0.412 e. The minimum atomic E-state index is -0.785. The van der Waals surface area contributed by atoms with Crippen LogP contribution in [0.1, 0.15) is 37.0 Å². The van der Waals surface area contributed by atoms with E-state index in [1.807, 2.05) is 42.5 Å². The lowest BCUT2D eigenvalue weighted by atomic mass is 9.93. The van der Waals surface area contributed by atoms with Crippen LogP contribution < -0.4 is 5.32 Å². The lowest BCUT2D eigenvalue weighted by Gasteiger charge is -2.15. The van der Waals surface area contributed by atoms with E-state index >= 15 is 0 Å². The van der Waals surface area contributed by atoms with Crippen LogP contribution in [0.2, 0.25) is 5.02 Å². The molecular weight excluding hydrogens is 540 g/mol. The lowest BCUT2D eigenvalue weighted by molar-refractivity contribution is -0.140. The number of hydrogen-bond donors (Lipinski definition) is 2. The molecule has 196 valence electrons. The summed E-state index contributed by atoms with van der Waals surface area (Å²) in [4.78, 5) is 24.4. The van der Waals surface area contributed by atoms with Gasteiger partial charge in [-0.15, -0.1) is 5.10 Å². The van der Waals surface area contributed by atoms with Crippen molar-refractivity contribution < 1.29 is 24.0 Å². The van der Waals surface area contributed by atoms with Crippen molar-refractivity contribution in [2.24, 2.45) is 0 Å². The number of nitrogens with zero attached hydrogens (tertiary/aromatic N) is 3. The van der Waals surface area contributed by atoms with Crippen molar-refractivity contribution in [2.75, 3.05) is 5.32 Å². The highest BCUT2D eigenvalue weighted by Crippen LogP contribution is 2.49. The van der Waals surface area contributed by atoms with Crippen LogP contribution in [0, 0.1) is 0 Å². The summed E-state index contributed by atoms with van der Waals surface area (Å²) in [5.41, 5.74) is 4.06. The number of carboxylic acid groups (broad SMARTS) is 1. The van der Waals surface area contributed by atoms with Crippen LogP contribution in [-0.2, 0) is 14.9 Å². The fourth-order valence-electron chi connectivity index (χ4n) is 4.69. The van der Waals surface area contributed by atoms with Gasteiger partial charge in [0.2, 0.25) is 0 Å². The molecule has 2 heterocycles. The van der Waals surface area contributed by atoms with Crippen LogP contribution in [0.25, 0.3) is 32.7 Å². The van der Waals surface area contributed by atoms with Gasteiger partial charge in [-0.2, -0.15) is 0 Å². The molecule has 0 bridgehead atoms. The first-order chi connectivity index (χ1) is 18.9. The SMILES string of the molecule is CC(OC(=O)Nc1cnoc1-c1ccc(-c2ccc(C3(C(=O)O)CC3)cc2)c2snnc12)c1ccccc1Cl. The first kappa shape index (κ1) is 25.0. The number of anilines is 1. The number of aliphatic carboxylic acids is 1. The number of hydrogen-bond acceptors (Lipinski definition) is 8. The third-order valence-corrected chi connectivity index (χ3v) is 8.09. The number of carbonyl (C=O) groups is 2. The number of benzene rings is 3. The topological polar surface area (TPSA) is 127 Å². The number of carboxylic acids is 1. The Bertz CT molecular complexity index is 1710. The fraction of sp³-hybridized carbons (Fsp3) is 0.179. The Hall–Kier alpha value is -4.28. The first-order valence-electron chi connectivity index (χ1n) is 12.1. The number of carbonyl (C=O) groups excluding carboxylic acids is 1. The molecule has 39 heavy (non-hydrogen) atoms. The minimum absolute atomic E-state index is 0.314. The summed E-state index contributed by atoms with van der Waals surface area (Å²) in [5, 5.41) is 21.0. The average Bonchev–Trinajstić information content (AvgIpc) is 3.38. The zero-order valence-electron chi connectivity index (χ0n) is 20.6. The maximum Gasteiger partial charge on any atom is 0.412 e. The van der Waals surface area contributed by atoms with Gasteiger partial charge in [0, 0.05) is 16.1 Å². The van der Waals surface area contributed by atoms with E-state index in [-0.39, 0.29) is 0 Å². The van der Waals surface area contributed by atoms with E-state index in [1.165, 1.54) is 17.7 Å². The number of amides is 1. The van der Waals surface area contributed by atoms with Crippen LogP contribution >= 0.6 is 23.1 Å². The highest BCUT2D eigenvalue weighted by atomic mass is 35.5. The average molecular weight is 561 g/mol. The molecule has 1 atom stereocenters. The van der Waals surface area contributed by atoms with Crippen molar-refractivity contribution in [2.45, 2.75) is 31.3 Å². The second kappa shape index (κ2) is 9.79. The van der Waals surface area contributed by atoms with Crippen LogP contribution in [0.3, 0.4) is 0 Å². The quantitative estimate of drug-likeness (QED) is 0.216. The molecule has 3 aromatic carbocycles. The van der Waals surface area contributed by atoms with Crippen LogP contribution in [-0.4, -0.2) is 31.9 Å². The van der Waals surface area contributed by atoms with E-state index < -0.39 is 23.6 Å². The van der Waals surface area contributed by atoms with Crippen molar-refractivity contribution in [1.29, 1.82) is 0 Å². The highest BCUT2D eigenvalue weighted by Gasteiger charge is 2.51. The van der Waals surface area contributed by atoms with E-state index in [4.69, 9.17) is 20.9 Å². The molecule has 1 amide bonds. The molecule has 9 nitrogen and oxygen atoms in total. The summed E-state index contributed by atoms with van der Waals surface area (Å²) in [6.45, 7) is 1.73. The number of ether oxygens (including phenoxy) is 1. The summed E-state index contributed by atoms with van der Waals surface area (Å²) < 4.78 is 16.0. The lowest BCUT2D eigenvalue weighted by Crippen LogP contribution is -2.19. The molecule has 2 aromatic heterocycles. The molecule has 0 aliphatic heterocycles. The normalized spacial score (nSPS) is 14.6. The Morgan fingerprint density at radius 3 is 2.56 bits per heavy atom. The van der Waals surface area contributed by atoms with E-state index in [1.54, 1.807) is 25.1 Å². The van der Waals surface area contributed by atoms with Gasteiger partial charge in [0.25, 0.3) is 0 Å². The molecule has 11 heteroatoms. The van der Waals surface area contributed by atoms with Gasteiger partial charge in [-0.05, 0) is 54.6 Å². The third-order valence-electron chi connectivity index (χ3n) is 6.99. The van der Waals surface area contributed by atoms with Gasteiger partial charge in [0.15, 0.2) is 5.76 Å². The Morgan fingerprint density at radius 2 is 1.85 bits per heavy atom. The molecular formula is C28H21ClN4O5S. The second-order valence-electron chi connectivity index (χ2n) is 9.34. The van der Waals surface area contributed by atoms with Crippen molar-refractivity contribution in [1.82, 2.24) is 14.7 Å². The Balaban J connectivity index is 1.26. The van der Waals surface area contributed by atoms with Crippen LogP contribution in [0.5, 0.6) is 0 Å². The molecule has 1 aliphatic rings. The van der Waals surface area contributed by atoms with Crippen molar-refractivity contribution in [3.8, 4) is 22.5 Å². The molecule has 0 spiro atoms. The molecule has 1 fully saturated rings. The number of halogens is 1. The molecule has 2 N–H and O–H groups in total.